The second kappa shape index (κ2) is 10.2. The Balaban J connectivity index is 1.73. The summed E-state index contributed by atoms with van der Waals surface area (Å²) < 4.78 is 21.3. The van der Waals surface area contributed by atoms with Crippen molar-refractivity contribution in [2.75, 3.05) is 40.3 Å². The molecule has 0 radical (unpaired) electrons. The van der Waals surface area contributed by atoms with Gasteiger partial charge < -0.3 is 24.3 Å². The molecule has 7 nitrogen and oxygen atoms in total. The number of hydrogen-bond donors (Lipinski definition) is 1. The average molecular weight is 415 g/mol. The van der Waals surface area contributed by atoms with Gasteiger partial charge in [0.2, 0.25) is 5.91 Å². The number of likely N-dealkylation sites (tertiary alicyclic amines) is 1. The normalized spacial score (nSPS) is 16.6. The minimum atomic E-state index is -0.194. The number of anilines is 1. The van der Waals surface area contributed by atoms with Gasteiger partial charge in [-0.25, -0.2) is 0 Å². The molecular weight excluding hydrogens is 384 g/mol. The van der Waals surface area contributed by atoms with Crippen LogP contribution in [0.1, 0.15) is 24.8 Å². The SMILES string of the molecule is COc1ccc(CN2CCCC[C@H]2C(=O)Nc2ccc(OC)c(OC)c2)cc1OC. The molecule has 0 spiro atoms. The van der Waals surface area contributed by atoms with Crippen LogP contribution in [0.4, 0.5) is 5.69 Å². The monoisotopic (exact) mass is 414 g/mol. The van der Waals surface area contributed by atoms with Gasteiger partial charge in [0.05, 0.1) is 34.5 Å². The number of carbonyl (C=O) groups is 1. The highest BCUT2D eigenvalue weighted by molar-refractivity contribution is 5.95. The molecule has 30 heavy (non-hydrogen) atoms. The van der Waals surface area contributed by atoms with Crippen LogP contribution in [-0.4, -0.2) is 51.8 Å². The third kappa shape index (κ3) is 4.97. The van der Waals surface area contributed by atoms with Crippen molar-refractivity contribution in [3.8, 4) is 23.0 Å². The smallest absolute Gasteiger partial charge is 0.241 e. The molecule has 1 aliphatic rings. The molecule has 1 atom stereocenters. The molecule has 0 bridgehead atoms. The first-order valence-corrected chi connectivity index (χ1v) is 10.1. The summed E-state index contributed by atoms with van der Waals surface area (Å²) in [6.45, 7) is 1.54. The van der Waals surface area contributed by atoms with E-state index in [0.29, 0.717) is 35.2 Å². The van der Waals surface area contributed by atoms with Crippen LogP contribution in [0.3, 0.4) is 0 Å². The highest BCUT2D eigenvalue weighted by Crippen LogP contribution is 2.31. The first kappa shape index (κ1) is 21.8. The van der Waals surface area contributed by atoms with Crippen LogP contribution in [0, 0.1) is 0 Å². The fraction of sp³-hybridized carbons (Fsp3) is 0.435. The molecule has 1 fully saturated rings. The van der Waals surface area contributed by atoms with Crippen LogP contribution in [0.5, 0.6) is 23.0 Å². The Bertz CT molecular complexity index is 871. The summed E-state index contributed by atoms with van der Waals surface area (Å²) in [5.74, 6) is 2.59. The van der Waals surface area contributed by atoms with E-state index in [4.69, 9.17) is 18.9 Å². The topological polar surface area (TPSA) is 69.3 Å². The molecule has 1 saturated heterocycles. The minimum Gasteiger partial charge on any atom is -0.493 e. The molecule has 1 aliphatic heterocycles. The number of nitrogens with zero attached hydrogens (tertiary/aromatic N) is 1. The lowest BCUT2D eigenvalue weighted by Crippen LogP contribution is -2.46. The van der Waals surface area contributed by atoms with Crippen molar-refractivity contribution < 1.29 is 23.7 Å². The zero-order chi connectivity index (χ0) is 21.5. The first-order chi connectivity index (χ1) is 14.6. The van der Waals surface area contributed by atoms with Gasteiger partial charge in [-0.1, -0.05) is 12.5 Å². The number of ether oxygens (including phenoxy) is 4. The van der Waals surface area contributed by atoms with Gasteiger partial charge >= 0.3 is 0 Å². The van der Waals surface area contributed by atoms with Gasteiger partial charge in [-0.05, 0) is 49.2 Å². The second-order valence-corrected chi connectivity index (χ2v) is 7.23. The molecule has 0 aliphatic carbocycles. The average Bonchev–Trinajstić information content (AvgIpc) is 2.79. The Labute approximate surface area is 177 Å². The molecular formula is C23H30N2O5. The minimum absolute atomic E-state index is 0.0117. The van der Waals surface area contributed by atoms with E-state index in [1.165, 1.54) is 0 Å². The molecule has 1 amide bonds. The maximum absolute atomic E-state index is 13.1. The summed E-state index contributed by atoms with van der Waals surface area (Å²) in [5, 5.41) is 3.03. The number of benzene rings is 2. The van der Waals surface area contributed by atoms with E-state index in [1.54, 1.807) is 40.6 Å². The third-order valence-electron chi connectivity index (χ3n) is 5.40. The van der Waals surface area contributed by atoms with Crippen LogP contribution in [-0.2, 0) is 11.3 Å². The number of hydrogen-bond acceptors (Lipinski definition) is 6. The van der Waals surface area contributed by atoms with Crippen LogP contribution >= 0.6 is 0 Å². The second-order valence-electron chi connectivity index (χ2n) is 7.23. The van der Waals surface area contributed by atoms with E-state index < -0.39 is 0 Å². The fourth-order valence-electron chi connectivity index (χ4n) is 3.83. The maximum atomic E-state index is 13.1. The van der Waals surface area contributed by atoms with Crippen molar-refractivity contribution in [1.82, 2.24) is 4.90 Å². The molecule has 1 N–H and O–H groups in total. The summed E-state index contributed by atoms with van der Waals surface area (Å²) in [5.41, 5.74) is 1.77. The summed E-state index contributed by atoms with van der Waals surface area (Å²) in [4.78, 5) is 15.3. The van der Waals surface area contributed by atoms with Crippen LogP contribution in [0.25, 0.3) is 0 Å². The standard InChI is InChI=1S/C23H30N2O5/c1-27-19-10-8-16(13-21(19)29-3)15-25-12-6-5-7-18(25)23(26)24-17-9-11-20(28-2)22(14-17)30-4/h8-11,13-14,18H,5-7,12,15H2,1-4H3,(H,24,26)/t18-/m0/s1. The van der Waals surface area contributed by atoms with Crippen LogP contribution < -0.4 is 24.3 Å². The molecule has 0 saturated carbocycles. The highest BCUT2D eigenvalue weighted by atomic mass is 16.5. The largest absolute Gasteiger partial charge is 0.493 e. The lowest BCUT2D eigenvalue weighted by Gasteiger charge is -2.34. The summed E-state index contributed by atoms with van der Waals surface area (Å²) in [6, 6.07) is 11.1. The van der Waals surface area contributed by atoms with Gasteiger partial charge in [-0.2, -0.15) is 0 Å². The lowest BCUT2D eigenvalue weighted by molar-refractivity contribution is -0.122. The Hall–Kier alpha value is -2.93. The highest BCUT2D eigenvalue weighted by Gasteiger charge is 2.29. The lowest BCUT2D eigenvalue weighted by atomic mass is 10.00. The third-order valence-corrected chi connectivity index (χ3v) is 5.40. The predicted molar refractivity (Wildman–Crippen MR) is 116 cm³/mol. The number of carbonyl (C=O) groups excluding carboxylic acids is 1. The van der Waals surface area contributed by atoms with Crippen molar-refractivity contribution in [3.63, 3.8) is 0 Å². The summed E-state index contributed by atoms with van der Waals surface area (Å²) >= 11 is 0. The van der Waals surface area contributed by atoms with Crippen molar-refractivity contribution >= 4 is 11.6 Å². The van der Waals surface area contributed by atoms with Crippen LogP contribution in [0.15, 0.2) is 36.4 Å². The molecule has 0 aromatic heterocycles. The Morgan fingerprint density at radius 3 is 2.20 bits per heavy atom. The summed E-state index contributed by atoms with van der Waals surface area (Å²) in [6.07, 6.45) is 2.94. The van der Waals surface area contributed by atoms with Crippen molar-refractivity contribution in [2.24, 2.45) is 0 Å². The van der Waals surface area contributed by atoms with E-state index in [-0.39, 0.29) is 11.9 Å². The van der Waals surface area contributed by atoms with E-state index >= 15 is 0 Å². The van der Waals surface area contributed by atoms with Crippen molar-refractivity contribution in [1.29, 1.82) is 0 Å². The zero-order valence-corrected chi connectivity index (χ0v) is 18.1. The van der Waals surface area contributed by atoms with E-state index in [9.17, 15) is 4.79 Å². The Kier molecular flexibility index (Phi) is 7.41. The van der Waals surface area contributed by atoms with E-state index in [0.717, 1.165) is 31.4 Å². The molecule has 2 aromatic carbocycles. The predicted octanol–water partition coefficient (Wildman–Crippen LogP) is 3.71. The van der Waals surface area contributed by atoms with Gasteiger partial charge in [0.1, 0.15) is 0 Å². The van der Waals surface area contributed by atoms with Gasteiger partial charge in [-0.15, -0.1) is 0 Å². The first-order valence-electron chi connectivity index (χ1n) is 10.1. The molecule has 162 valence electrons. The number of piperidine rings is 1. The van der Waals surface area contributed by atoms with Crippen molar-refractivity contribution in [3.05, 3.63) is 42.0 Å². The fourth-order valence-corrected chi connectivity index (χ4v) is 3.83. The van der Waals surface area contributed by atoms with Gasteiger partial charge in [0, 0.05) is 18.3 Å². The molecule has 0 unspecified atom stereocenters. The Morgan fingerprint density at radius 2 is 1.53 bits per heavy atom. The van der Waals surface area contributed by atoms with Gasteiger partial charge in [0.15, 0.2) is 23.0 Å². The number of nitrogens with one attached hydrogen (secondary N) is 1. The molecule has 3 rings (SSSR count). The van der Waals surface area contributed by atoms with E-state index in [1.807, 2.05) is 24.3 Å². The summed E-state index contributed by atoms with van der Waals surface area (Å²) in [7, 11) is 6.41. The Morgan fingerprint density at radius 1 is 0.900 bits per heavy atom. The number of amides is 1. The zero-order valence-electron chi connectivity index (χ0n) is 18.1. The van der Waals surface area contributed by atoms with Gasteiger partial charge in [0.25, 0.3) is 0 Å². The van der Waals surface area contributed by atoms with E-state index in [2.05, 4.69) is 10.2 Å². The number of rotatable bonds is 8. The molecule has 2 aromatic rings. The van der Waals surface area contributed by atoms with Gasteiger partial charge in [-0.3, -0.25) is 9.69 Å². The quantitative estimate of drug-likeness (QED) is 0.710. The molecule has 7 heteroatoms. The number of methoxy groups -OCH3 is 4. The maximum Gasteiger partial charge on any atom is 0.241 e. The van der Waals surface area contributed by atoms with Crippen molar-refractivity contribution in [2.45, 2.75) is 31.8 Å². The van der Waals surface area contributed by atoms with Crippen LogP contribution in [0.2, 0.25) is 0 Å². The molecule has 1 heterocycles.